The Morgan fingerprint density at radius 1 is 0.792 bits per heavy atom. The van der Waals surface area contributed by atoms with Crippen LogP contribution in [0.15, 0.2) is 67.1 Å². The van der Waals surface area contributed by atoms with Crippen LogP contribution in [-0.2, 0) is 43.2 Å². The van der Waals surface area contributed by atoms with Gasteiger partial charge in [-0.05, 0) is 58.7 Å². The SMILES string of the molecule is CC(=O)N[C@H](Cc1ccccc1)C(=O)N[C@@H](Cc1ccc(I)cc1)C(=O)N[C@H](CCCNC(=N)N)C(=O)N[C@H](Cc1cnc[nH]1)C(N)=O. The number of hydrogen-bond donors (Lipinski definition) is 9. The number of primary amides is 1. The number of imidazole rings is 1. The van der Waals surface area contributed by atoms with Crippen molar-refractivity contribution < 1.29 is 24.0 Å². The van der Waals surface area contributed by atoms with E-state index in [1.807, 2.05) is 54.6 Å². The molecule has 0 unspecified atom stereocenters. The zero-order valence-electron chi connectivity index (χ0n) is 26.4. The number of nitrogens with one attached hydrogen (secondary N) is 7. The van der Waals surface area contributed by atoms with E-state index in [-0.39, 0.29) is 38.2 Å². The molecule has 0 fully saturated rings. The minimum absolute atomic E-state index is 0.0467. The normalized spacial score (nSPS) is 13.2. The van der Waals surface area contributed by atoms with Crippen LogP contribution >= 0.6 is 22.6 Å². The van der Waals surface area contributed by atoms with E-state index in [9.17, 15) is 24.0 Å². The van der Waals surface area contributed by atoms with E-state index in [2.05, 4.69) is 59.1 Å². The van der Waals surface area contributed by atoms with Crippen LogP contribution < -0.4 is 38.1 Å². The van der Waals surface area contributed by atoms with E-state index in [0.29, 0.717) is 12.1 Å². The third-order valence-electron chi connectivity index (χ3n) is 7.22. The molecular weight excluding hydrogens is 731 g/mol. The van der Waals surface area contributed by atoms with Crippen molar-refractivity contribution in [1.82, 2.24) is 36.6 Å². The number of H-pyrrole nitrogens is 1. The smallest absolute Gasteiger partial charge is 0.243 e. The monoisotopic (exact) mass is 772 g/mol. The van der Waals surface area contributed by atoms with Crippen LogP contribution in [0.2, 0.25) is 0 Å². The van der Waals surface area contributed by atoms with Crippen molar-refractivity contribution in [3.05, 3.63) is 87.5 Å². The average molecular weight is 773 g/mol. The first-order chi connectivity index (χ1) is 22.9. The lowest BCUT2D eigenvalue weighted by atomic mass is 10.0. The number of aromatic nitrogens is 2. The molecule has 11 N–H and O–H groups in total. The van der Waals surface area contributed by atoms with Crippen molar-refractivity contribution in [2.24, 2.45) is 11.5 Å². The summed E-state index contributed by atoms with van der Waals surface area (Å²) in [6.07, 6.45) is 3.65. The topological polar surface area (TPSA) is 250 Å². The Morgan fingerprint density at radius 3 is 1.92 bits per heavy atom. The lowest BCUT2D eigenvalue weighted by Gasteiger charge is -2.26. The highest BCUT2D eigenvalue weighted by molar-refractivity contribution is 14.1. The van der Waals surface area contributed by atoms with Gasteiger partial charge in [-0.15, -0.1) is 0 Å². The van der Waals surface area contributed by atoms with Crippen molar-refractivity contribution in [3.63, 3.8) is 0 Å². The number of guanidine groups is 1. The van der Waals surface area contributed by atoms with Crippen molar-refractivity contribution in [2.45, 2.75) is 63.2 Å². The first-order valence-corrected chi connectivity index (χ1v) is 16.3. The lowest BCUT2D eigenvalue weighted by molar-refractivity contribution is -0.134. The summed E-state index contributed by atoms with van der Waals surface area (Å²) in [6, 6.07) is 12.1. The van der Waals surface area contributed by atoms with Gasteiger partial charge in [0.15, 0.2) is 5.96 Å². The Labute approximate surface area is 291 Å². The van der Waals surface area contributed by atoms with Gasteiger partial charge in [0.25, 0.3) is 0 Å². The van der Waals surface area contributed by atoms with Gasteiger partial charge >= 0.3 is 0 Å². The number of benzene rings is 2. The summed E-state index contributed by atoms with van der Waals surface area (Å²) in [7, 11) is 0. The van der Waals surface area contributed by atoms with Gasteiger partial charge in [-0.1, -0.05) is 42.5 Å². The maximum Gasteiger partial charge on any atom is 0.243 e. The Balaban J connectivity index is 1.85. The Hall–Kier alpha value is -5.00. The minimum Gasteiger partial charge on any atom is -0.370 e. The minimum atomic E-state index is -1.15. The second kappa shape index (κ2) is 19.0. The van der Waals surface area contributed by atoms with Gasteiger partial charge in [0.05, 0.1) is 6.33 Å². The number of nitrogens with two attached hydrogens (primary N) is 2. The molecule has 16 heteroatoms. The van der Waals surface area contributed by atoms with E-state index < -0.39 is 53.7 Å². The van der Waals surface area contributed by atoms with Crippen molar-refractivity contribution in [3.8, 4) is 0 Å². The van der Waals surface area contributed by atoms with Gasteiger partial charge in [-0.3, -0.25) is 29.4 Å². The summed E-state index contributed by atoms with van der Waals surface area (Å²) < 4.78 is 0.977. The van der Waals surface area contributed by atoms with Gasteiger partial charge in [0, 0.05) is 48.2 Å². The van der Waals surface area contributed by atoms with Crippen LogP contribution in [0.1, 0.15) is 36.6 Å². The number of carbonyl (C=O) groups is 5. The fourth-order valence-corrected chi connectivity index (χ4v) is 5.18. The molecule has 5 amide bonds. The number of nitrogens with zero attached hydrogens (tertiary/aromatic N) is 1. The number of rotatable bonds is 18. The molecule has 3 rings (SSSR count). The van der Waals surface area contributed by atoms with E-state index in [1.54, 1.807) is 0 Å². The number of halogens is 1. The second-order valence-corrected chi connectivity index (χ2v) is 12.4. The van der Waals surface area contributed by atoms with Gasteiger partial charge in [0.1, 0.15) is 24.2 Å². The summed E-state index contributed by atoms with van der Waals surface area (Å²) in [6.45, 7) is 1.54. The van der Waals surface area contributed by atoms with Crippen molar-refractivity contribution >= 4 is 58.1 Å². The standard InChI is InChI=1S/C32H41IN10O5/c1-19(44)40-26(14-20-6-3-2-4-7-20)30(47)43-27(15-21-9-11-22(33)12-10-21)31(48)41-24(8-5-13-38-32(35)36)29(46)42-25(28(34)45)16-23-17-37-18-39-23/h2-4,6-7,9-12,17-18,24-27H,5,8,13-16H2,1H3,(H2,34,45)(H,37,39)(H,40,44)(H,41,48)(H,42,46)(H,43,47)(H4,35,36,38)/t24-,25-,26-,27+/m1/s1. The number of hydrogen-bond acceptors (Lipinski definition) is 7. The Morgan fingerprint density at radius 2 is 1.35 bits per heavy atom. The molecule has 48 heavy (non-hydrogen) atoms. The molecule has 15 nitrogen and oxygen atoms in total. The molecule has 0 bridgehead atoms. The largest absolute Gasteiger partial charge is 0.370 e. The third kappa shape index (κ3) is 13.0. The Bertz CT molecular complexity index is 1540. The van der Waals surface area contributed by atoms with Crippen LogP contribution in [0.4, 0.5) is 0 Å². The van der Waals surface area contributed by atoms with E-state index >= 15 is 0 Å². The predicted octanol–water partition coefficient (Wildman–Crippen LogP) is -0.250. The van der Waals surface area contributed by atoms with Crippen LogP contribution in [0.25, 0.3) is 0 Å². The first-order valence-electron chi connectivity index (χ1n) is 15.2. The van der Waals surface area contributed by atoms with E-state index in [0.717, 1.165) is 14.7 Å². The molecule has 0 aliphatic rings. The molecule has 3 aromatic rings. The maximum atomic E-state index is 13.9. The van der Waals surface area contributed by atoms with E-state index in [4.69, 9.17) is 16.9 Å². The highest BCUT2D eigenvalue weighted by atomic mass is 127. The molecule has 0 saturated heterocycles. The lowest BCUT2D eigenvalue weighted by Crippen LogP contribution is -2.59. The molecule has 1 heterocycles. The van der Waals surface area contributed by atoms with Gasteiger partial charge in [-0.25, -0.2) is 4.98 Å². The fraction of sp³-hybridized carbons (Fsp3) is 0.344. The number of aromatic amines is 1. The number of carbonyl (C=O) groups excluding carboxylic acids is 5. The molecule has 0 spiro atoms. The molecule has 1 aromatic heterocycles. The molecule has 4 atom stereocenters. The fourth-order valence-electron chi connectivity index (χ4n) is 4.82. The molecule has 0 radical (unpaired) electrons. The quantitative estimate of drug-likeness (QED) is 0.0360. The van der Waals surface area contributed by atoms with Gasteiger partial charge in [-0.2, -0.15) is 0 Å². The second-order valence-electron chi connectivity index (χ2n) is 11.1. The maximum absolute atomic E-state index is 13.9. The molecule has 0 aliphatic carbocycles. The number of amides is 5. The third-order valence-corrected chi connectivity index (χ3v) is 7.94. The van der Waals surface area contributed by atoms with Crippen LogP contribution in [0, 0.1) is 8.98 Å². The molecule has 2 aromatic carbocycles. The van der Waals surface area contributed by atoms with Crippen LogP contribution in [0.5, 0.6) is 0 Å². The summed E-state index contributed by atoms with van der Waals surface area (Å²) >= 11 is 2.16. The van der Waals surface area contributed by atoms with E-state index in [1.165, 1.54) is 19.4 Å². The summed E-state index contributed by atoms with van der Waals surface area (Å²) in [5, 5.41) is 20.8. The zero-order valence-corrected chi connectivity index (χ0v) is 28.6. The first kappa shape index (κ1) is 37.5. The summed E-state index contributed by atoms with van der Waals surface area (Å²) in [5.74, 6) is -3.37. The molecule has 256 valence electrons. The summed E-state index contributed by atoms with van der Waals surface area (Å²) in [4.78, 5) is 72.1. The van der Waals surface area contributed by atoms with Crippen molar-refractivity contribution in [2.75, 3.05) is 6.54 Å². The van der Waals surface area contributed by atoms with Crippen LogP contribution in [0.3, 0.4) is 0 Å². The molecular formula is C32H41IN10O5. The molecule has 0 saturated carbocycles. The predicted molar refractivity (Wildman–Crippen MR) is 187 cm³/mol. The Kier molecular flexibility index (Phi) is 14.8. The van der Waals surface area contributed by atoms with Crippen LogP contribution in [-0.4, -0.2) is 76.2 Å². The molecule has 0 aliphatic heterocycles. The summed E-state index contributed by atoms with van der Waals surface area (Å²) in [5.41, 5.74) is 13.1. The highest BCUT2D eigenvalue weighted by Gasteiger charge is 2.31. The van der Waals surface area contributed by atoms with Gasteiger partial charge in [0.2, 0.25) is 29.5 Å². The zero-order chi connectivity index (χ0) is 35.1. The van der Waals surface area contributed by atoms with Crippen molar-refractivity contribution in [1.29, 1.82) is 5.41 Å². The highest BCUT2D eigenvalue weighted by Crippen LogP contribution is 2.11. The van der Waals surface area contributed by atoms with Gasteiger partial charge < -0.3 is 43.0 Å². The average Bonchev–Trinajstić information content (AvgIpc) is 3.55.